The second-order valence-corrected chi connectivity index (χ2v) is 9.19. The van der Waals surface area contributed by atoms with Crippen molar-refractivity contribution in [3.05, 3.63) is 65.7 Å². The van der Waals surface area contributed by atoms with Crippen LogP contribution in [0.1, 0.15) is 17.5 Å². The second kappa shape index (κ2) is 6.62. The Morgan fingerprint density at radius 1 is 1.09 bits per heavy atom. The van der Waals surface area contributed by atoms with Gasteiger partial charge in [-0.1, -0.05) is 64.0 Å². The first-order chi connectivity index (χ1) is 11.2. The summed E-state index contributed by atoms with van der Waals surface area (Å²) >= 11 is 6.07. The highest BCUT2D eigenvalue weighted by atomic mass is 79.9. The maximum absolute atomic E-state index is 4.00. The van der Waals surface area contributed by atoms with Gasteiger partial charge >= 0.3 is 0 Å². The van der Waals surface area contributed by atoms with Gasteiger partial charge in [-0.3, -0.25) is 4.90 Å². The van der Waals surface area contributed by atoms with Crippen LogP contribution in [0.2, 0.25) is 0 Å². The molecule has 4 rings (SSSR count). The highest BCUT2D eigenvalue weighted by Gasteiger charge is 2.51. The van der Waals surface area contributed by atoms with Crippen LogP contribution >= 0.6 is 27.7 Å². The first kappa shape index (κ1) is 15.7. The smallest absolute Gasteiger partial charge is 0.0353 e. The molecule has 2 aliphatic rings. The van der Waals surface area contributed by atoms with Crippen molar-refractivity contribution in [2.24, 2.45) is 5.92 Å². The zero-order chi connectivity index (χ0) is 15.8. The van der Waals surface area contributed by atoms with Gasteiger partial charge < -0.3 is 0 Å². The van der Waals surface area contributed by atoms with E-state index in [0.29, 0.717) is 16.1 Å². The van der Waals surface area contributed by atoms with E-state index in [1.165, 1.54) is 29.0 Å². The summed E-state index contributed by atoms with van der Waals surface area (Å²) < 4.78 is 0. The van der Waals surface area contributed by atoms with E-state index in [1.54, 1.807) is 0 Å². The number of alkyl halides is 1. The number of piperidine rings is 1. The molecule has 23 heavy (non-hydrogen) atoms. The quantitative estimate of drug-likeness (QED) is 0.669. The van der Waals surface area contributed by atoms with Crippen molar-refractivity contribution in [3.63, 3.8) is 0 Å². The first-order valence-corrected chi connectivity index (χ1v) is 10.2. The van der Waals surface area contributed by atoms with Crippen molar-refractivity contribution in [1.29, 1.82) is 0 Å². The normalized spacial score (nSPS) is 30.0. The van der Waals surface area contributed by atoms with Crippen LogP contribution in [-0.4, -0.2) is 27.6 Å². The van der Waals surface area contributed by atoms with Crippen molar-refractivity contribution in [1.82, 2.24) is 4.90 Å². The minimum atomic E-state index is 0.645. The zero-order valence-corrected chi connectivity index (χ0v) is 15.8. The monoisotopic (exact) mass is 387 g/mol. The van der Waals surface area contributed by atoms with E-state index in [0.717, 1.165) is 12.5 Å². The molecule has 4 atom stereocenters. The summed E-state index contributed by atoms with van der Waals surface area (Å²) in [5, 5.41) is 0.699. The van der Waals surface area contributed by atoms with Gasteiger partial charge in [0.05, 0.1) is 0 Å². The molecule has 0 amide bonds. The lowest BCUT2D eigenvalue weighted by molar-refractivity contribution is 0.211. The molecule has 0 aromatic heterocycles. The number of halogens is 1. The number of thioether (sulfide) groups is 1. The van der Waals surface area contributed by atoms with E-state index in [9.17, 15) is 0 Å². The maximum atomic E-state index is 4.00. The summed E-state index contributed by atoms with van der Waals surface area (Å²) in [6.07, 6.45) is 1.34. The van der Waals surface area contributed by atoms with Gasteiger partial charge in [0.2, 0.25) is 0 Å². The van der Waals surface area contributed by atoms with Crippen molar-refractivity contribution in [2.75, 3.05) is 6.54 Å². The number of nitrogens with zero attached hydrogens (tertiary/aromatic N) is 1. The summed E-state index contributed by atoms with van der Waals surface area (Å²) in [5.41, 5.74) is 2.77. The Hall–Kier alpha value is -0.770. The highest BCUT2D eigenvalue weighted by Crippen LogP contribution is 2.49. The van der Waals surface area contributed by atoms with Crippen LogP contribution < -0.4 is 0 Å². The van der Waals surface area contributed by atoms with Gasteiger partial charge in [0, 0.05) is 34.1 Å². The molecule has 0 unspecified atom stereocenters. The van der Waals surface area contributed by atoms with Crippen molar-refractivity contribution >= 4 is 27.7 Å². The molecule has 0 N–H and O–H groups in total. The van der Waals surface area contributed by atoms with Gasteiger partial charge in [-0.25, -0.2) is 0 Å². The second-order valence-electron chi connectivity index (χ2n) is 6.82. The Bertz CT molecular complexity index is 657. The minimum Gasteiger partial charge on any atom is -0.294 e. The van der Waals surface area contributed by atoms with Gasteiger partial charge in [-0.05, 0) is 37.0 Å². The van der Waals surface area contributed by atoms with Gasteiger partial charge in [-0.15, -0.1) is 11.8 Å². The minimum absolute atomic E-state index is 0.645. The molecular weight excluding hydrogens is 366 g/mol. The number of aryl methyl sites for hydroxylation is 1. The molecule has 1 heterocycles. The summed E-state index contributed by atoms with van der Waals surface area (Å²) in [6, 6.07) is 20.5. The lowest BCUT2D eigenvalue weighted by atomic mass is 10.1. The molecule has 1 nitrogen and oxygen atoms in total. The van der Waals surface area contributed by atoms with Gasteiger partial charge in [0.15, 0.2) is 0 Å². The third-order valence-electron chi connectivity index (χ3n) is 5.12. The van der Waals surface area contributed by atoms with Crippen molar-refractivity contribution in [3.8, 4) is 0 Å². The van der Waals surface area contributed by atoms with Crippen LogP contribution in [0.25, 0.3) is 0 Å². The molecule has 1 aliphatic heterocycles. The molecule has 1 saturated carbocycles. The predicted molar refractivity (Wildman–Crippen MR) is 102 cm³/mol. The third kappa shape index (κ3) is 3.24. The average Bonchev–Trinajstić information content (AvgIpc) is 3.02. The number of likely N-dealkylation sites (tertiary alicyclic amines) is 1. The van der Waals surface area contributed by atoms with Gasteiger partial charge in [0.25, 0.3) is 0 Å². The van der Waals surface area contributed by atoms with Crippen molar-refractivity contribution < 1.29 is 0 Å². The van der Waals surface area contributed by atoms with Crippen LogP contribution in [-0.2, 0) is 6.54 Å². The fraction of sp³-hybridized carbons (Fsp3) is 0.400. The first-order valence-electron chi connectivity index (χ1n) is 8.36. The Labute approximate surface area is 151 Å². The summed E-state index contributed by atoms with van der Waals surface area (Å²) in [6.45, 7) is 4.47. The molecule has 2 fully saturated rings. The third-order valence-corrected chi connectivity index (χ3v) is 7.73. The van der Waals surface area contributed by atoms with E-state index < -0.39 is 0 Å². The van der Waals surface area contributed by atoms with Gasteiger partial charge in [-0.2, -0.15) is 0 Å². The SMILES string of the molecule is Cc1ccc(S[C@@H]2C[C@H]3CN(Cc4ccccc4)[C@@H]2[C@@H]3Br)cc1. The van der Waals surface area contributed by atoms with E-state index in [4.69, 9.17) is 0 Å². The number of fused-ring (bicyclic) bond motifs is 2. The standard InChI is InChI=1S/C20H22BrNS/c1-14-7-9-17(10-8-14)23-18-11-16-13-22(20(18)19(16)21)12-15-5-3-2-4-6-15/h2-10,16,18-20H,11-13H2,1H3/t16-,18+,19+,20-/m0/s1. The largest absolute Gasteiger partial charge is 0.294 e. The fourth-order valence-electron chi connectivity index (χ4n) is 3.98. The number of hydrogen-bond donors (Lipinski definition) is 0. The van der Waals surface area contributed by atoms with Crippen molar-refractivity contribution in [2.45, 2.75) is 40.9 Å². The predicted octanol–water partition coefficient (Wildman–Crippen LogP) is 5.12. The molecule has 2 bridgehead atoms. The topological polar surface area (TPSA) is 3.24 Å². The van der Waals surface area contributed by atoms with Gasteiger partial charge in [0.1, 0.15) is 0 Å². The summed E-state index contributed by atoms with van der Waals surface area (Å²) in [5.74, 6) is 0.798. The Kier molecular flexibility index (Phi) is 4.53. The van der Waals surface area contributed by atoms with E-state index in [1.807, 2.05) is 0 Å². The molecule has 1 aliphatic carbocycles. The van der Waals surface area contributed by atoms with Crippen LogP contribution in [0.15, 0.2) is 59.5 Å². The molecule has 2 aromatic carbocycles. The summed E-state index contributed by atoms with van der Waals surface area (Å²) in [7, 11) is 0. The molecule has 0 radical (unpaired) electrons. The molecular formula is C20H22BrNS. The Morgan fingerprint density at radius 2 is 1.83 bits per heavy atom. The Balaban J connectivity index is 1.48. The molecule has 120 valence electrons. The number of benzene rings is 2. The lowest BCUT2D eigenvalue weighted by Gasteiger charge is -2.33. The number of rotatable bonds is 4. The lowest BCUT2D eigenvalue weighted by Crippen LogP contribution is -2.40. The molecule has 3 heteroatoms. The number of hydrogen-bond acceptors (Lipinski definition) is 2. The van der Waals surface area contributed by atoms with E-state index in [-0.39, 0.29) is 0 Å². The maximum Gasteiger partial charge on any atom is 0.0353 e. The molecule has 0 spiro atoms. The zero-order valence-electron chi connectivity index (χ0n) is 13.4. The summed E-state index contributed by atoms with van der Waals surface area (Å²) in [4.78, 5) is 4.75. The van der Waals surface area contributed by atoms with Crippen LogP contribution in [0.4, 0.5) is 0 Å². The average molecular weight is 388 g/mol. The molecule has 2 aromatic rings. The van der Waals surface area contributed by atoms with Crippen LogP contribution in [0.5, 0.6) is 0 Å². The van der Waals surface area contributed by atoms with E-state index >= 15 is 0 Å². The highest BCUT2D eigenvalue weighted by molar-refractivity contribution is 9.09. The van der Waals surface area contributed by atoms with Crippen LogP contribution in [0.3, 0.4) is 0 Å². The van der Waals surface area contributed by atoms with E-state index in [2.05, 4.69) is 94.1 Å². The molecule has 1 saturated heterocycles. The Morgan fingerprint density at radius 3 is 2.52 bits per heavy atom. The van der Waals surface area contributed by atoms with Crippen LogP contribution in [0, 0.1) is 12.8 Å². The fourth-order valence-corrected chi connectivity index (χ4v) is 6.74.